The molecule has 5 heteroatoms. The molecule has 0 heterocycles. The van der Waals surface area contributed by atoms with Crippen LogP contribution in [0.25, 0.3) is 0 Å². The molecule has 0 aromatic heterocycles. The second-order valence-electron chi connectivity index (χ2n) is 3.89. The fraction of sp³-hybridized carbons (Fsp3) is 0.385. The van der Waals surface area contributed by atoms with Crippen molar-refractivity contribution in [2.24, 2.45) is 0 Å². The third-order valence-corrected chi connectivity index (χ3v) is 3.40. The van der Waals surface area contributed by atoms with E-state index >= 15 is 0 Å². The smallest absolute Gasteiger partial charge is 0.107 e. The van der Waals surface area contributed by atoms with Gasteiger partial charge in [0.1, 0.15) is 13.1 Å². The van der Waals surface area contributed by atoms with Crippen molar-refractivity contribution in [1.29, 1.82) is 10.5 Å². The van der Waals surface area contributed by atoms with Gasteiger partial charge in [-0.3, -0.25) is 0 Å². The van der Waals surface area contributed by atoms with Gasteiger partial charge in [-0.15, -0.1) is 0 Å². The molecule has 0 radical (unpaired) electrons. The molecule has 0 bridgehead atoms. The molecule has 0 aliphatic rings. The summed E-state index contributed by atoms with van der Waals surface area (Å²) in [5.41, 5.74) is 2.02. The number of benzene rings is 1. The first-order valence-corrected chi connectivity index (χ1v) is 6.39. The Bertz CT molecular complexity index is 471. The molecule has 0 aliphatic carbocycles. The lowest BCUT2D eigenvalue weighted by molar-refractivity contribution is 0.652. The van der Waals surface area contributed by atoms with Gasteiger partial charge in [-0.1, -0.05) is 6.07 Å². The van der Waals surface area contributed by atoms with Crippen LogP contribution in [0.15, 0.2) is 22.7 Å². The standard InChI is InChI=1S/C13H15BrN4/c1-10(17-2)11-3-4-13(12(14)9-11)18(7-5-15)8-6-16/h3-4,9-10,17H,7-8H2,1-2H3. The Kier molecular flexibility index (Phi) is 5.64. The summed E-state index contributed by atoms with van der Waals surface area (Å²) in [4.78, 5) is 1.73. The van der Waals surface area contributed by atoms with Gasteiger partial charge in [0, 0.05) is 10.5 Å². The lowest BCUT2D eigenvalue weighted by Crippen LogP contribution is -2.24. The first kappa shape index (κ1) is 14.5. The molecule has 1 aromatic rings. The normalized spacial score (nSPS) is 11.4. The monoisotopic (exact) mass is 306 g/mol. The van der Waals surface area contributed by atoms with Gasteiger partial charge in [-0.25, -0.2) is 0 Å². The number of nitrogens with zero attached hydrogens (tertiary/aromatic N) is 3. The zero-order valence-electron chi connectivity index (χ0n) is 10.4. The molecule has 0 aliphatic heterocycles. The lowest BCUT2D eigenvalue weighted by atomic mass is 10.1. The highest BCUT2D eigenvalue weighted by Gasteiger charge is 2.11. The predicted molar refractivity (Wildman–Crippen MR) is 75.1 cm³/mol. The number of anilines is 1. The molecular formula is C13H15BrN4. The van der Waals surface area contributed by atoms with E-state index in [4.69, 9.17) is 10.5 Å². The van der Waals surface area contributed by atoms with Gasteiger partial charge < -0.3 is 10.2 Å². The molecule has 0 amide bonds. The third-order valence-electron chi connectivity index (χ3n) is 2.77. The van der Waals surface area contributed by atoms with Crippen LogP contribution in [-0.2, 0) is 0 Å². The molecule has 18 heavy (non-hydrogen) atoms. The van der Waals surface area contributed by atoms with Crippen LogP contribution in [0.4, 0.5) is 5.69 Å². The minimum atomic E-state index is 0.201. The third kappa shape index (κ3) is 3.46. The van der Waals surface area contributed by atoms with Crippen molar-refractivity contribution in [1.82, 2.24) is 5.32 Å². The molecule has 4 nitrogen and oxygen atoms in total. The van der Waals surface area contributed by atoms with E-state index in [-0.39, 0.29) is 19.1 Å². The zero-order chi connectivity index (χ0) is 13.5. The highest BCUT2D eigenvalue weighted by atomic mass is 79.9. The molecule has 94 valence electrons. The first-order chi connectivity index (χ1) is 8.63. The van der Waals surface area contributed by atoms with Crippen LogP contribution in [0.2, 0.25) is 0 Å². The number of nitriles is 2. The summed E-state index contributed by atoms with van der Waals surface area (Å²) < 4.78 is 0.896. The van der Waals surface area contributed by atoms with Crippen molar-refractivity contribution in [2.45, 2.75) is 13.0 Å². The Morgan fingerprint density at radius 3 is 2.39 bits per heavy atom. The number of rotatable bonds is 5. The van der Waals surface area contributed by atoms with Crippen molar-refractivity contribution < 1.29 is 0 Å². The first-order valence-electron chi connectivity index (χ1n) is 5.59. The van der Waals surface area contributed by atoms with E-state index < -0.39 is 0 Å². The van der Waals surface area contributed by atoms with Gasteiger partial charge >= 0.3 is 0 Å². The summed E-state index contributed by atoms with van der Waals surface area (Å²) in [5.74, 6) is 0. The second kappa shape index (κ2) is 7.00. The highest BCUT2D eigenvalue weighted by Crippen LogP contribution is 2.29. The van der Waals surface area contributed by atoms with Gasteiger partial charge in [-0.05, 0) is 47.6 Å². The van der Waals surface area contributed by atoms with E-state index in [9.17, 15) is 0 Å². The van der Waals surface area contributed by atoms with Gasteiger partial charge in [0.15, 0.2) is 0 Å². The summed E-state index contributed by atoms with van der Waals surface area (Å²) in [6.45, 7) is 2.48. The summed E-state index contributed by atoms with van der Waals surface area (Å²) in [7, 11) is 1.91. The molecule has 1 unspecified atom stereocenters. The number of nitrogens with one attached hydrogen (secondary N) is 1. The number of halogens is 1. The Labute approximate surface area is 116 Å². The van der Waals surface area contributed by atoms with Crippen molar-refractivity contribution in [3.63, 3.8) is 0 Å². The molecule has 1 rings (SSSR count). The van der Waals surface area contributed by atoms with E-state index in [0.29, 0.717) is 0 Å². The number of hydrogen-bond acceptors (Lipinski definition) is 4. The Hall–Kier alpha value is -1.56. The largest absolute Gasteiger partial charge is 0.344 e. The Balaban J connectivity index is 3.04. The molecular weight excluding hydrogens is 292 g/mol. The molecule has 1 aromatic carbocycles. The Morgan fingerprint density at radius 2 is 1.94 bits per heavy atom. The van der Waals surface area contributed by atoms with Gasteiger partial charge in [0.05, 0.1) is 17.8 Å². The van der Waals surface area contributed by atoms with Crippen LogP contribution in [-0.4, -0.2) is 20.1 Å². The summed E-state index contributed by atoms with van der Waals surface area (Å²) in [6, 6.07) is 10.3. The lowest BCUT2D eigenvalue weighted by Gasteiger charge is -2.21. The Morgan fingerprint density at radius 1 is 1.33 bits per heavy atom. The average Bonchev–Trinajstić information content (AvgIpc) is 2.37. The summed E-state index contributed by atoms with van der Waals surface area (Å²) in [5, 5.41) is 20.7. The van der Waals surface area contributed by atoms with Gasteiger partial charge in [-0.2, -0.15) is 10.5 Å². The van der Waals surface area contributed by atoms with Crippen LogP contribution in [0.5, 0.6) is 0 Å². The minimum Gasteiger partial charge on any atom is -0.344 e. The van der Waals surface area contributed by atoms with E-state index in [0.717, 1.165) is 15.7 Å². The van der Waals surface area contributed by atoms with E-state index in [1.54, 1.807) is 4.90 Å². The van der Waals surface area contributed by atoms with E-state index in [1.807, 2.05) is 25.2 Å². The van der Waals surface area contributed by atoms with Crippen LogP contribution in [0.1, 0.15) is 18.5 Å². The van der Waals surface area contributed by atoms with Crippen molar-refractivity contribution >= 4 is 21.6 Å². The topological polar surface area (TPSA) is 62.9 Å². The maximum atomic E-state index is 8.77. The van der Waals surface area contributed by atoms with E-state index in [2.05, 4.69) is 40.3 Å². The summed E-state index contributed by atoms with van der Waals surface area (Å²) >= 11 is 3.50. The van der Waals surface area contributed by atoms with Crippen LogP contribution in [0, 0.1) is 22.7 Å². The highest BCUT2D eigenvalue weighted by molar-refractivity contribution is 9.10. The molecule has 1 atom stereocenters. The SMILES string of the molecule is CNC(C)c1ccc(N(CC#N)CC#N)c(Br)c1. The maximum Gasteiger partial charge on any atom is 0.107 e. The van der Waals surface area contributed by atoms with Crippen LogP contribution >= 0.6 is 15.9 Å². The molecule has 0 fully saturated rings. The van der Waals surface area contributed by atoms with E-state index in [1.165, 1.54) is 0 Å². The maximum absolute atomic E-state index is 8.77. The van der Waals surface area contributed by atoms with Crippen molar-refractivity contribution in [2.75, 3.05) is 25.0 Å². The second-order valence-corrected chi connectivity index (χ2v) is 4.75. The zero-order valence-corrected chi connectivity index (χ0v) is 12.0. The molecule has 0 saturated carbocycles. The fourth-order valence-corrected chi connectivity index (χ4v) is 2.26. The predicted octanol–water partition coefficient (Wildman–Crippen LogP) is 2.58. The average molecular weight is 307 g/mol. The molecule has 0 saturated heterocycles. The van der Waals surface area contributed by atoms with Crippen molar-refractivity contribution in [3.05, 3.63) is 28.2 Å². The van der Waals surface area contributed by atoms with Crippen molar-refractivity contribution in [3.8, 4) is 12.1 Å². The summed E-state index contributed by atoms with van der Waals surface area (Å²) in [6.07, 6.45) is 0. The van der Waals surface area contributed by atoms with Gasteiger partial charge in [0.2, 0.25) is 0 Å². The van der Waals surface area contributed by atoms with Crippen LogP contribution < -0.4 is 10.2 Å². The quantitative estimate of drug-likeness (QED) is 0.849. The fourth-order valence-electron chi connectivity index (χ4n) is 1.61. The minimum absolute atomic E-state index is 0.201. The molecule has 1 N–H and O–H groups in total. The van der Waals surface area contributed by atoms with Crippen LogP contribution in [0.3, 0.4) is 0 Å². The number of hydrogen-bond donors (Lipinski definition) is 1. The molecule has 0 spiro atoms. The van der Waals surface area contributed by atoms with Gasteiger partial charge in [0.25, 0.3) is 0 Å².